The quantitative estimate of drug-likeness (QED) is 0.790. The van der Waals surface area contributed by atoms with Crippen LogP contribution in [0.15, 0.2) is 5.38 Å². The van der Waals surface area contributed by atoms with Crippen LogP contribution >= 0.6 is 11.3 Å². The molecule has 0 radical (unpaired) electrons. The molecule has 2 heterocycles. The number of hydrogen-bond donors (Lipinski definition) is 1. The first kappa shape index (κ1) is 13.3. The van der Waals surface area contributed by atoms with E-state index in [9.17, 15) is 4.79 Å². The van der Waals surface area contributed by atoms with Crippen molar-refractivity contribution in [2.45, 2.75) is 19.3 Å². The highest BCUT2D eigenvalue weighted by Crippen LogP contribution is 2.16. The van der Waals surface area contributed by atoms with Crippen LogP contribution in [0.1, 0.15) is 18.5 Å². The number of nitrogens with zero attached hydrogens (tertiary/aromatic N) is 2. The van der Waals surface area contributed by atoms with Crippen LogP contribution in [-0.2, 0) is 16.0 Å². The molecule has 6 heteroatoms. The molecular weight excluding hydrogens is 250 g/mol. The van der Waals surface area contributed by atoms with Crippen molar-refractivity contribution in [2.75, 3.05) is 38.6 Å². The first-order valence-electron chi connectivity index (χ1n) is 6.25. The highest BCUT2D eigenvalue weighted by Gasteiger charge is 2.11. The predicted octanol–water partition coefficient (Wildman–Crippen LogP) is 1.37. The van der Waals surface area contributed by atoms with Crippen LogP contribution in [0.3, 0.4) is 0 Å². The minimum Gasteiger partial charge on any atom is -0.469 e. The first-order valence-corrected chi connectivity index (χ1v) is 7.13. The van der Waals surface area contributed by atoms with Crippen molar-refractivity contribution in [1.82, 2.24) is 9.88 Å². The minimum atomic E-state index is -0.246. The summed E-state index contributed by atoms with van der Waals surface area (Å²) in [4.78, 5) is 17.9. The molecule has 1 aromatic rings. The second kappa shape index (κ2) is 6.70. The number of ether oxygens (including phenoxy) is 1. The number of methoxy groups -OCH3 is 1. The molecule has 0 atom stereocenters. The van der Waals surface area contributed by atoms with E-state index in [1.54, 1.807) is 0 Å². The van der Waals surface area contributed by atoms with Gasteiger partial charge < -0.3 is 15.0 Å². The zero-order valence-corrected chi connectivity index (χ0v) is 11.5. The Hall–Kier alpha value is -1.14. The Morgan fingerprint density at radius 2 is 2.33 bits per heavy atom. The molecule has 100 valence electrons. The summed E-state index contributed by atoms with van der Waals surface area (Å²) in [5.74, 6) is -0.246. The van der Waals surface area contributed by atoms with Gasteiger partial charge >= 0.3 is 5.97 Å². The third kappa shape index (κ3) is 3.96. The van der Waals surface area contributed by atoms with Crippen molar-refractivity contribution in [3.05, 3.63) is 11.1 Å². The van der Waals surface area contributed by atoms with E-state index in [1.807, 2.05) is 5.38 Å². The van der Waals surface area contributed by atoms with E-state index in [1.165, 1.54) is 44.4 Å². The Labute approximate surface area is 111 Å². The van der Waals surface area contributed by atoms with Gasteiger partial charge in [0.25, 0.3) is 0 Å². The third-order valence-corrected chi connectivity index (χ3v) is 3.86. The van der Waals surface area contributed by atoms with Gasteiger partial charge in [-0.2, -0.15) is 0 Å². The maximum Gasteiger partial charge on any atom is 0.311 e. The van der Waals surface area contributed by atoms with Gasteiger partial charge in [-0.3, -0.25) is 4.79 Å². The van der Waals surface area contributed by atoms with Gasteiger partial charge in [0.15, 0.2) is 5.13 Å². The Balaban J connectivity index is 1.70. The summed E-state index contributed by atoms with van der Waals surface area (Å²) < 4.78 is 4.61. The van der Waals surface area contributed by atoms with Crippen LogP contribution in [0.25, 0.3) is 0 Å². The standard InChI is InChI=1S/C12H19N3O2S/c1-17-11(16)8-10-9-18-12(14-10)13-4-7-15-5-2-3-6-15/h9H,2-8H2,1H3,(H,13,14). The fourth-order valence-corrected chi connectivity index (χ4v) is 2.76. The number of likely N-dealkylation sites (tertiary alicyclic amines) is 1. The van der Waals surface area contributed by atoms with E-state index >= 15 is 0 Å². The van der Waals surface area contributed by atoms with Gasteiger partial charge in [-0.15, -0.1) is 11.3 Å². The molecule has 0 spiro atoms. The monoisotopic (exact) mass is 269 g/mol. The average molecular weight is 269 g/mol. The van der Waals surface area contributed by atoms with E-state index in [0.29, 0.717) is 0 Å². The maximum atomic E-state index is 11.1. The normalized spacial score (nSPS) is 15.8. The number of rotatable bonds is 6. The minimum absolute atomic E-state index is 0.246. The number of hydrogen-bond acceptors (Lipinski definition) is 6. The van der Waals surface area contributed by atoms with Gasteiger partial charge in [0.1, 0.15) is 0 Å². The van der Waals surface area contributed by atoms with E-state index in [0.717, 1.165) is 23.9 Å². The number of carbonyl (C=O) groups excluding carboxylic acids is 1. The van der Waals surface area contributed by atoms with Crippen LogP contribution in [0.2, 0.25) is 0 Å². The van der Waals surface area contributed by atoms with Crippen LogP contribution in [-0.4, -0.2) is 49.1 Å². The Bertz CT molecular complexity index is 388. The molecule has 1 aliphatic heterocycles. The molecule has 0 saturated carbocycles. The van der Waals surface area contributed by atoms with Crippen molar-refractivity contribution in [1.29, 1.82) is 0 Å². The second-order valence-electron chi connectivity index (χ2n) is 4.37. The predicted molar refractivity (Wildman–Crippen MR) is 72.0 cm³/mol. The maximum absolute atomic E-state index is 11.1. The summed E-state index contributed by atoms with van der Waals surface area (Å²) in [7, 11) is 1.39. The van der Waals surface area contributed by atoms with Gasteiger partial charge in [-0.25, -0.2) is 4.98 Å². The lowest BCUT2D eigenvalue weighted by Crippen LogP contribution is -2.25. The van der Waals surface area contributed by atoms with Crippen molar-refractivity contribution >= 4 is 22.4 Å². The fourth-order valence-electron chi connectivity index (χ4n) is 2.02. The number of carbonyl (C=O) groups is 1. The molecule has 0 amide bonds. The Morgan fingerprint density at radius 3 is 3.06 bits per heavy atom. The molecule has 1 aliphatic rings. The Morgan fingerprint density at radius 1 is 1.56 bits per heavy atom. The summed E-state index contributed by atoms with van der Waals surface area (Å²) in [6.07, 6.45) is 2.89. The second-order valence-corrected chi connectivity index (χ2v) is 5.23. The van der Waals surface area contributed by atoms with E-state index in [4.69, 9.17) is 0 Å². The van der Waals surface area contributed by atoms with Crippen molar-refractivity contribution in [3.8, 4) is 0 Å². The number of anilines is 1. The lowest BCUT2D eigenvalue weighted by Gasteiger charge is -2.14. The smallest absolute Gasteiger partial charge is 0.311 e. The van der Waals surface area contributed by atoms with Crippen LogP contribution < -0.4 is 5.32 Å². The SMILES string of the molecule is COC(=O)Cc1csc(NCCN2CCCC2)n1. The largest absolute Gasteiger partial charge is 0.469 e. The van der Waals surface area contributed by atoms with Gasteiger partial charge in [0.2, 0.25) is 0 Å². The summed E-state index contributed by atoms with van der Waals surface area (Å²) in [5.41, 5.74) is 0.774. The lowest BCUT2D eigenvalue weighted by molar-refractivity contribution is -0.139. The summed E-state index contributed by atoms with van der Waals surface area (Å²) >= 11 is 1.54. The molecule has 1 N–H and O–H groups in total. The topological polar surface area (TPSA) is 54.5 Å². The molecule has 1 fully saturated rings. The molecule has 1 saturated heterocycles. The van der Waals surface area contributed by atoms with Crippen LogP contribution in [0, 0.1) is 0 Å². The molecule has 2 rings (SSSR count). The number of nitrogens with one attached hydrogen (secondary N) is 1. The summed E-state index contributed by atoms with van der Waals surface area (Å²) in [6, 6.07) is 0. The molecule has 18 heavy (non-hydrogen) atoms. The van der Waals surface area contributed by atoms with Gasteiger partial charge in [-0.1, -0.05) is 0 Å². The van der Waals surface area contributed by atoms with Gasteiger partial charge in [-0.05, 0) is 25.9 Å². The van der Waals surface area contributed by atoms with Crippen molar-refractivity contribution in [2.24, 2.45) is 0 Å². The molecule has 1 aromatic heterocycles. The zero-order valence-electron chi connectivity index (χ0n) is 10.6. The highest BCUT2D eigenvalue weighted by atomic mass is 32.1. The molecule has 5 nitrogen and oxygen atoms in total. The molecular formula is C12H19N3O2S. The molecule has 0 aliphatic carbocycles. The third-order valence-electron chi connectivity index (χ3n) is 3.01. The summed E-state index contributed by atoms with van der Waals surface area (Å²) in [5, 5.41) is 6.08. The molecule has 0 aromatic carbocycles. The Kier molecular flexibility index (Phi) is 4.95. The fraction of sp³-hybridized carbons (Fsp3) is 0.667. The van der Waals surface area contributed by atoms with Crippen LogP contribution in [0.4, 0.5) is 5.13 Å². The average Bonchev–Trinajstić information content (AvgIpc) is 3.01. The number of esters is 1. The van der Waals surface area contributed by atoms with Crippen molar-refractivity contribution in [3.63, 3.8) is 0 Å². The lowest BCUT2D eigenvalue weighted by atomic mass is 10.3. The first-order chi connectivity index (χ1) is 8.78. The highest BCUT2D eigenvalue weighted by molar-refractivity contribution is 7.13. The molecule has 0 bridgehead atoms. The summed E-state index contributed by atoms with van der Waals surface area (Å²) in [6.45, 7) is 4.40. The molecule has 0 unspecified atom stereocenters. The van der Waals surface area contributed by atoms with Crippen molar-refractivity contribution < 1.29 is 9.53 Å². The number of aromatic nitrogens is 1. The zero-order chi connectivity index (χ0) is 12.8. The number of thiazole rings is 1. The van der Waals surface area contributed by atoms with E-state index < -0.39 is 0 Å². The van der Waals surface area contributed by atoms with E-state index in [-0.39, 0.29) is 12.4 Å². The van der Waals surface area contributed by atoms with Gasteiger partial charge in [0.05, 0.1) is 19.2 Å². The van der Waals surface area contributed by atoms with Crippen LogP contribution in [0.5, 0.6) is 0 Å². The van der Waals surface area contributed by atoms with Gasteiger partial charge in [0, 0.05) is 18.5 Å². The van der Waals surface area contributed by atoms with E-state index in [2.05, 4.69) is 19.9 Å².